The minimum Gasteiger partial charge on any atom is -0.321 e. The summed E-state index contributed by atoms with van der Waals surface area (Å²) in [4.78, 5) is 16.6. The maximum atomic E-state index is 12.6. The highest BCUT2D eigenvalue weighted by atomic mass is 35.5. The van der Waals surface area contributed by atoms with Crippen LogP contribution in [0.1, 0.15) is 33.5 Å². The lowest BCUT2D eigenvalue weighted by Gasteiger charge is -2.11. The van der Waals surface area contributed by atoms with Gasteiger partial charge < -0.3 is 5.32 Å². The van der Waals surface area contributed by atoms with Crippen molar-refractivity contribution in [3.8, 4) is 0 Å². The van der Waals surface area contributed by atoms with E-state index in [0.29, 0.717) is 11.3 Å². The Balaban J connectivity index is 1.67. The molecule has 1 aromatic heterocycles. The van der Waals surface area contributed by atoms with Crippen LogP contribution in [0.2, 0.25) is 5.02 Å². The molecule has 0 atom stereocenters. The van der Waals surface area contributed by atoms with Crippen molar-refractivity contribution in [3.05, 3.63) is 94.3 Å². The lowest BCUT2D eigenvalue weighted by Crippen LogP contribution is -2.14. The fourth-order valence-corrected chi connectivity index (χ4v) is 3.18. The molecule has 0 unspecified atom stereocenters. The SMILES string of the molecule is Cc1c(Cl)cccc1CCCc1ccccc1C(=O)Nc1cccnc1. The van der Waals surface area contributed by atoms with Crippen molar-refractivity contribution >= 4 is 23.2 Å². The van der Waals surface area contributed by atoms with Crippen LogP contribution in [-0.2, 0) is 12.8 Å². The number of hydrogen-bond donors (Lipinski definition) is 1. The molecule has 0 spiro atoms. The lowest BCUT2D eigenvalue weighted by molar-refractivity contribution is 0.102. The summed E-state index contributed by atoms with van der Waals surface area (Å²) < 4.78 is 0. The van der Waals surface area contributed by atoms with E-state index < -0.39 is 0 Å². The van der Waals surface area contributed by atoms with Crippen molar-refractivity contribution in [2.24, 2.45) is 0 Å². The Labute approximate surface area is 159 Å². The lowest BCUT2D eigenvalue weighted by atomic mass is 9.97. The van der Waals surface area contributed by atoms with Crippen molar-refractivity contribution < 1.29 is 4.79 Å². The number of nitrogens with zero attached hydrogens (tertiary/aromatic N) is 1. The van der Waals surface area contributed by atoms with Crippen LogP contribution in [0.5, 0.6) is 0 Å². The van der Waals surface area contributed by atoms with E-state index in [4.69, 9.17) is 11.6 Å². The maximum Gasteiger partial charge on any atom is 0.255 e. The Bertz CT molecular complexity index is 894. The summed E-state index contributed by atoms with van der Waals surface area (Å²) in [5, 5.41) is 3.71. The second-order valence-electron chi connectivity index (χ2n) is 6.23. The van der Waals surface area contributed by atoms with E-state index in [1.165, 1.54) is 5.56 Å². The summed E-state index contributed by atoms with van der Waals surface area (Å²) in [6, 6.07) is 17.4. The third-order valence-corrected chi connectivity index (χ3v) is 4.86. The smallest absolute Gasteiger partial charge is 0.255 e. The Morgan fingerprint density at radius 3 is 2.58 bits per heavy atom. The number of hydrogen-bond acceptors (Lipinski definition) is 2. The van der Waals surface area contributed by atoms with E-state index in [9.17, 15) is 4.79 Å². The van der Waals surface area contributed by atoms with Gasteiger partial charge in [0.15, 0.2) is 0 Å². The molecule has 3 aromatic rings. The molecule has 2 aromatic carbocycles. The van der Waals surface area contributed by atoms with Crippen molar-refractivity contribution in [1.29, 1.82) is 0 Å². The first-order chi connectivity index (χ1) is 12.6. The van der Waals surface area contributed by atoms with Crippen LogP contribution in [0.4, 0.5) is 5.69 Å². The van der Waals surface area contributed by atoms with Crippen LogP contribution in [0, 0.1) is 6.92 Å². The molecule has 26 heavy (non-hydrogen) atoms. The Morgan fingerprint density at radius 1 is 1.00 bits per heavy atom. The summed E-state index contributed by atoms with van der Waals surface area (Å²) in [5.41, 5.74) is 4.85. The summed E-state index contributed by atoms with van der Waals surface area (Å²) in [6.07, 6.45) is 6.05. The van der Waals surface area contributed by atoms with Crippen LogP contribution in [0.15, 0.2) is 67.0 Å². The Morgan fingerprint density at radius 2 is 1.77 bits per heavy atom. The van der Waals surface area contributed by atoms with E-state index in [-0.39, 0.29) is 5.91 Å². The normalized spacial score (nSPS) is 10.5. The Kier molecular flexibility index (Phi) is 6.03. The van der Waals surface area contributed by atoms with Gasteiger partial charge in [-0.15, -0.1) is 0 Å². The van der Waals surface area contributed by atoms with Gasteiger partial charge in [-0.3, -0.25) is 9.78 Å². The molecule has 4 heteroatoms. The summed E-state index contributed by atoms with van der Waals surface area (Å²) in [5.74, 6) is -0.104. The highest BCUT2D eigenvalue weighted by Crippen LogP contribution is 2.21. The van der Waals surface area contributed by atoms with Gasteiger partial charge in [0.1, 0.15) is 0 Å². The van der Waals surface area contributed by atoms with Gasteiger partial charge in [0.05, 0.1) is 11.9 Å². The van der Waals surface area contributed by atoms with Crippen molar-refractivity contribution in [2.75, 3.05) is 5.32 Å². The van der Waals surface area contributed by atoms with Gasteiger partial charge in [0, 0.05) is 16.8 Å². The first-order valence-corrected chi connectivity index (χ1v) is 9.06. The first kappa shape index (κ1) is 18.2. The number of aromatic nitrogens is 1. The highest BCUT2D eigenvalue weighted by molar-refractivity contribution is 6.31. The number of carbonyl (C=O) groups excluding carboxylic acids is 1. The van der Waals surface area contributed by atoms with Crippen LogP contribution >= 0.6 is 11.6 Å². The van der Waals surface area contributed by atoms with E-state index in [1.54, 1.807) is 18.5 Å². The van der Waals surface area contributed by atoms with Gasteiger partial charge in [0.2, 0.25) is 0 Å². The molecule has 0 fully saturated rings. The molecule has 1 heterocycles. The third kappa shape index (κ3) is 4.50. The minimum atomic E-state index is -0.104. The maximum absolute atomic E-state index is 12.6. The largest absolute Gasteiger partial charge is 0.321 e. The molecule has 0 aliphatic rings. The molecule has 0 aliphatic carbocycles. The van der Waals surface area contributed by atoms with Gasteiger partial charge in [-0.05, 0) is 67.1 Å². The topological polar surface area (TPSA) is 42.0 Å². The third-order valence-electron chi connectivity index (χ3n) is 4.45. The van der Waals surface area contributed by atoms with Gasteiger partial charge in [-0.25, -0.2) is 0 Å². The van der Waals surface area contributed by atoms with Crippen molar-refractivity contribution in [2.45, 2.75) is 26.2 Å². The molecule has 3 nitrogen and oxygen atoms in total. The van der Waals surface area contributed by atoms with E-state index in [0.717, 1.165) is 35.4 Å². The zero-order valence-electron chi connectivity index (χ0n) is 14.7. The second kappa shape index (κ2) is 8.63. The number of pyridine rings is 1. The quantitative estimate of drug-likeness (QED) is 0.630. The van der Waals surface area contributed by atoms with Crippen LogP contribution in [0.25, 0.3) is 0 Å². The predicted octanol–water partition coefficient (Wildman–Crippen LogP) is 5.47. The first-order valence-electron chi connectivity index (χ1n) is 8.68. The fraction of sp³-hybridized carbons (Fsp3) is 0.182. The van der Waals surface area contributed by atoms with Gasteiger partial charge in [-0.1, -0.05) is 41.9 Å². The van der Waals surface area contributed by atoms with Gasteiger partial charge in [0.25, 0.3) is 5.91 Å². The second-order valence-corrected chi connectivity index (χ2v) is 6.64. The number of nitrogens with one attached hydrogen (secondary N) is 1. The van der Waals surface area contributed by atoms with E-state index in [1.807, 2.05) is 49.4 Å². The minimum absolute atomic E-state index is 0.104. The summed E-state index contributed by atoms with van der Waals surface area (Å²) in [6.45, 7) is 2.05. The number of halogens is 1. The van der Waals surface area contributed by atoms with Crippen molar-refractivity contribution in [3.63, 3.8) is 0 Å². The zero-order chi connectivity index (χ0) is 18.4. The number of amides is 1. The zero-order valence-corrected chi connectivity index (χ0v) is 15.5. The number of anilines is 1. The average Bonchev–Trinajstić information content (AvgIpc) is 2.66. The highest BCUT2D eigenvalue weighted by Gasteiger charge is 2.11. The molecule has 0 saturated carbocycles. The van der Waals surface area contributed by atoms with Gasteiger partial charge >= 0.3 is 0 Å². The monoisotopic (exact) mass is 364 g/mol. The molecule has 0 radical (unpaired) electrons. The molecule has 0 saturated heterocycles. The molecule has 132 valence electrons. The fourth-order valence-electron chi connectivity index (χ4n) is 2.99. The van der Waals surface area contributed by atoms with Crippen LogP contribution in [-0.4, -0.2) is 10.9 Å². The molecule has 0 bridgehead atoms. The molecule has 3 rings (SSSR count). The van der Waals surface area contributed by atoms with Gasteiger partial charge in [-0.2, -0.15) is 0 Å². The molecular weight excluding hydrogens is 344 g/mol. The van der Waals surface area contributed by atoms with Crippen molar-refractivity contribution in [1.82, 2.24) is 4.98 Å². The molecule has 0 aliphatic heterocycles. The van der Waals surface area contributed by atoms with Crippen LogP contribution in [0.3, 0.4) is 0 Å². The summed E-state index contributed by atoms with van der Waals surface area (Å²) in [7, 11) is 0. The molecular formula is C22H21ClN2O. The van der Waals surface area contributed by atoms with E-state index in [2.05, 4.69) is 16.4 Å². The predicted molar refractivity (Wildman–Crippen MR) is 107 cm³/mol. The number of benzene rings is 2. The van der Waals surface area contributed by atoms with Crippen LogP contribution < -0.4 is 5.32 Å². The van der Waals surface area contributed by atoms with E-state index >= 15 is 0 Å². The number of rotatable bonds is 6. The number of carbonyl (C=O) groups is 1. The molecule has 1 amide bonds. The summed E-state index contributed by atoms with van der Waals surface area (Å²) >= 11 is 6.20. The Hall–Kier alpha value is -2.65. The standard InChI is InChI=1S/C22H21ClN2O/c1-16-17(9-5-13-21(16)23)8-4-10-18-7-2-3-12-20(18)22(26)25-19-11-6-14-24-15-19/h2-3,5-7,9,11-15H,4,8,10H2,1H3,(H,25,26). The molecule has 1 N–H and O–H groups in total. The average molecular weight is 365 g/mol. The number of aryl methyl sites for hydroxylation is 2.